The van der Waals surface area contributed by atoms with E-state index in [0.29, 0.717) is 6.42 Å². The number of carbonyl (C=O) groups excluding carboxylic acids is 1. The molecule has 0 unspecified atom stereocenters. The van der Waals surface area contributed by atoms with Gasteiger partial charge in [0.25, 0.3) is 0 Å². The zero-order valence-corrected chi connectivity index (χ0v) is 14.2. The highest BCUT2D eigenvalue weighted by atomic mass is 79.9. The predicted octanol–water partition coefficient (Wildman–Crippen LogP) is 4.64. The Hall–Kier alpha value is -0.780. The molecule has 0 aromatic rings. The molecule has 0 atom stereocenters. The van der Waals surface area contributed by atoms with Crippen molar-refractivity contribution in [2.45, 2.75) is 64.9 Å². The molecule has 0 spiro atoms. The Balaban J connectivity index is 3.98. The number of unbranched alkanes of at least 4 members (excludes halogenated alkanes) is 5. The summed E-state index contributed by atoms with van der Waals surface area (Å²) in [6.07, 6.45) is 4.12. The van der Waals surface area contributed by atoms with Gasteiger partial charge in [-0.15, -0.1) is 0 Å². The number of imide groups is 1. The largest absolute Gasteiger partial charge is 0.465 e. The molecule has 0 aliphatic heterocycles. The van der Waals surface area contributed by atoms with Gasteiger partial charge in [-0.3, -0.25) is 0 Å². The number of hydrogen-bond donors (Lipinski definition) is 1. The van der Waals surface area contributed by atoms with Crippen molar-refractivity contribution in [3.05, 3.63) is 0 Å². The monoisotopic (exact) mass is 351 g/mol. The van der Waals surface area contributed by atoms with E-state index < -0.39 is 17.8 Å². The van der Waals surface area contributed by atoms with E-state index in [1.165, 1.54) is 12.8 Å². The summed E-state index contributed by atoms with van der Waals surface area (Å²) in [7, 11) is 0. The normalized spacial score (nSPS) is 11.2. The molecule has 0 fully saturated rings. The van der Waals surface area contributed by atoms with Crippen molar-refractivity contribution in [1.82, 2.24) is 4.90 Å². The van der Waals surface area contributed by atoms with Gasteiger partial charge in [0.05, 0.1) is 0 Å². The maximum Gasteiger partial charge on any atom is 0.419 e. The standard InChI is InChI=1S/C14H26BrNO4/c1-14(2,3)20-13(19)16(12(17)18)11-9-7-5-4-6-8-10-15/h4-11H2,1-3H3,(H,17,18). The molecule has 0 heterocycles. The third-order valence-corrected chi connectivity index (χ3v) is 3.17. The van der Waals surface area contributed by atoms with Crippen molar-refractivity contribution in [2.24, 2.45) is 0 Å². The molecule has 118 valence electrons. The molecule has 0 radical (unpaired) electrons. The molecule has 0 aromatic heterocycles. The van der Waals surface area contributed by atoms with Gasteiger partial charge in [-0.2, -0.15) is 0 Å². The Morgan fingerprint density at radius 3 is 2.00 bits per heavy atom. The zero-order chi connectivity index (χ0) is 15.6. The lowest BCUT2D eigenvalue weighted by Crippen LogP contribution is -2.40. The summed E-state index contributed by atoms with van der Waals surface area (Å²) >= 11 is 3.38. The van der Waals surface area contributed by atoms with Crippen molar-refractivity contribution in [1.29, 1.82) is 0 Å². The second-order valence-corrected chi connectivity index (χ2v) is 6.52. The number of ether oxygens (including phenoxy) is 1. The van der Waals surface area contributed by atoms with E-state index >= 15 is 0 Å². The maximum absolute atomic E-state index is 11.7. The fourth-order valence-corrected chi connectivity index (χ4v) is 2.05. The van der Waals surface area contributed by atoms with Crippen LogP contribution >= 0.6 is 15.9 Å². The number of hydrogen-bond acceptors (Lipinski definition) is 3. The zero-order valence-electron chi connectivity index (χ0n) is 12.7. The Kier molecular flexibility index (Phi) is 9.63. The van der Waals surface area contributed by atoms with E-state index in [0.717, 1.165) is 29.5 Å². The molecule has 0 saturated heterocycles. The third-order valence-electron chi connectivity index (χ3n) is 2.61. The first-order valence-electron chi connectivity index (χ1n) is 7.07. The highest BCUT2D eigenvalue weighted by molar-refractivity contribution is 9.09. The summed E-state index contributed by atoms with van der Waals surface area (Å²) in [5.41, 5.74) is -0.680. The van der Waals surface area contributed by atoms with Gasteiger partial charge in [0.1, 0.15) is 5.60 Å². The quantitative estimate of drug-likeness (QED) is 0.511. The predicted molar refractivity (Wildman–Crippen MR) is 82.5 cm³/mol. The fourth-order valence-electron chi connectivity index (χ4n) is 1.65. The van der Waals surface area contributed by atoms with Gasteiger partial charge in [0, 0.05) is 11.9 Å². The molecule has 0 rings (SSSR count). The first-order chi connectivity index (χ1) is 9.28. The minimum atomic E-state index is -1.25. The smallest absolute Gasteiger partial charge is 0.419 e. The second kappa shape index (κ2) is 10.0. The molecule has 0 bridgehead atoms. The van der Waals surface area contributed by atoms with Gasteiger partial charge in [-0.05, 0) is 33.6 Å². The average Bonchev–Trinajstić information content (AvgIpc) is 2.29. The Bertz CT molecular complexity index is 302. The van der Waals surface area contributed by atoms with E-state index in [2.05, 4.69) is 15.9 Å². The van der Waals surface area contributed by atoms with Crippen LogP contribution in [-0.2, 0) is 4.74 Å². The van der Waals surface area contributed by atoms with Crippen molar-refractivity contribution in [3.8, 4) is 0 Å². The van der Waals surface area contributed by atoms with Crippen LogP contribution < -0.4 is 0 Å². The topological polar surface area (TPSA) is 66.8 Å². The van der Waals surface area contributed by atoms with E-state index in [9.17, 15) is 9.59 Å². The van der Waals surface area contributed by atoms with Crippen LogP contribution in [0.4, 0.5) is 9.59 Å². The first-order valence-corrected chi connectivity index (χ1v) is 8.19. The molecular formula is C14H26BrNO4. The summed E-state index contributed by atoms with van der Waals surface area (Å²) in [6, 6.07) is 0. The van der Waals surface area contributed by atoms with E-state index in [1.54, 1.807) is 20.8 Å². The summed E-state index contributed by atoms with van der Waals surface area (Å²) in [6.45, 7) is 5.35. The number of carbonyl (C=O) groups is 2. The highest BCUT2D eigenvalue weighted by Crippen LogP contribution is 2.12. The van der Waals surface area contributed by atoms with Gasteiger partial charge in [0.15, 0.2) is 0 Å². The Labute approximate surface area is 129 Å². The number of halogens is 1. The molecular weight excluding hydrogens is 326 g/mol. The third kappa shape index (κ3) is 10.1. The van der Waals surface area contributed by atoms with E-state index in [4.69, 9.17) is 9.84 Å². The Morgan fingerprint density at radius 2 is 1.55 bits per heavy atom. The minimum Gasteiger partial charge on any atom is -0.465 e. The van der Waals surface area contributed by atoms with Gasteiger partial charge in [0.2, 0.25) is 0 Å². The number of amides is 2. The summed E-state index contributed by atoms with van der Waals surface area (Å²) in [5.74, 6) is 0. The molecule has 1 N–H and O–H groups in total. The molecule has 0 aliphatic rings. The second-order valence-electron chi connectivity index (χ2n) is 5.72. The number of carboxylic acid groups (broad SMARTS) is 1. The molecule has 0 saturated carbocycles. The van der Waals surface area contributed by atoms with Crippen molar-refractivity contribution < 1.29 is 19.4 Å². The van der Waals surface area contributed by atoms with Crippen LogP contribution in [0.1, 0.15) is 59.3 Å². The maximum atomic E-state index is 11.7. The molecule has 2 amide bonds. The number of rotatable bonds is 8. The lowest BCUT2D eigenvalue weighted by molar-refractivity contribution is 0.0267. The molecule has 0 aliphatic carbocycles. The molecule has 20 heavy (non-hydrogen) atoms. The lowest BCUT2D eigenvalue weighted by atomic mass is 10.1. The molecule has 0 aromatic carbocycles. The van der Waals surface area contributed by atoms with Crippen LogP contribution in [0.25, 0.3) is 0 Å². The molecule has 5 nitrogen and oxygen atoms in total. The minimum absolute atomic E-state index is 0.197. The Morgan fingerprint density at radius 1 is 1.05 bits per heavy atom. The van der Waals surface area contributed by atoms with Crippen LogP contribution in [0.2, 0.25) is 0 Å². The molecule has 6 heteroatoms. The summed E-state index contributed by atoms with van der Waals surface area (Å²) < 4.78 is 5.07. The van der Waals surface area contributed by atoms with Crippen LogP contribution in [0.15, 0.2) is 0 Å². The van der Waals surface area contributed by atoms with Crippen LogP contribution in [0, 0.1) is 0 Å². The fraction of sp³-hybridized carbons (Fsp3) is 0.857. The lowest BCUT2D eigenvalue weighted by Gasteiger charge is -2.24. The highest BCUT2D eigenvalue weighted by Gasteiger charge is 2.26. The SMILES string of the molecule is CC(C)(C)OC(=O)N(CCCCCCCCBr)C(=O)O. The van der Waals surface area contributed by atoms with Gasteiger partial charge in [-0.1, -0.05) is 41.6 Å². The number of alkyl halides is 1. The summed E-state index contributed by atoms with van der Waals surface area (Å²) in [5, 5.41) is 10.1. The van der Waals surface area contributed by atoms with Gasteiger partial charge < -0.3 is 9.84 Å². The van der Waals surface area contributed by atoms with Crippen molar-refractivity contribution in [2.75, 3.05) is 11.9 Å². The van der Waals surface area contributed by atoms with Crippen LogP contribution in [0.5, 0.6) is 0 Å². The van der Waals surface area contributed by atoms with E-state index in [1.807, 2.05) is 0 Å². The van der Waals surface area contributed by atoms with Gasteiger partial charge >= 0.3 is 12.2 Å². The van der Waals surface area contributed by atoms with Crippen molar-refractivity contribution in [3.63, 3.8) is 0 Å². The average molecular weight is 352 g/mol. The van der Waals surface area contributed by atoms with Crippen molar-refractivity contribution >= 4 is 28.1 Å². The van der Waals surface area contributed by atoms with Gasteiger partial charge in [-0.25, -0.2) is 14.5 Å². The van der Waals surface area contributed by atoms with E-state index in [-0.39, 0.29) is 6.54 Å². The van der Waals surface area contributed by atoms with Crippen LogP contribution in [-0.4, -0.2) is 39.7 Å². The first kappa shape index (κ1) is 19.2. The summed E-state index contributed by atoms with van der Waals surface area (Å²) in [4.78, 5) is 23.5. The van der Waals surface area contributed by atoms with Crippen LogP contribution in [0.3, 0.4) is 0 Å². The number of nitrogens with zero attached hydrogens (tertiary/aromatic N) is 1.